The first-order valence-corrected chi connectivity index (χ1v) is 10.0. The fourth-order valence-corrected chi connectivity index (χ4v) is 4.29. The second-order valence-corrected chi connectivity index (χ2v) is 7.70. The highest BCUT2D eigenvalue weighted by atomic mass is 16.5. The van der Waals surface area contributed by atoms with Crippen LogP contribution in [0.4, 0.5) is 0 Å². The molecule has 0 bridgehead atoms. The van der Waals surface area contributed by atoms with Gasteiger partial charge in [-0.25, -0.2) is 9.97 Å². The zero-order valence-electron chi connectivity index (χ0n) is 17.1. The van der Waals surface area contributed by atoms with E-state index < -0.39 is 0 Å². The quantitative estimate of drug-likeness (QED) is 0.800. The molecule has 29 heavy (non-hydrogen) atoms. The van der Waals surface area contributed by atoms with Crippen molar-refractivity contribution in [2.75, 3.05) is 20.2 Å². The number of likely N-dealkylation sites (tertiary alicyclic amines) is 1. The third-order valence-corrected chi connectivity index (χ3v) is 5.86. The van der Waals surface area contributed by atoms with Crippen molar-refractivity contribution < 1.29 is 14.3 Å². The molecular weight excluding hydrogens is 368 g/mol. The maximum absolute atomic E-state index is 13.3. The zero-order chi connectivity index (χ0) is 20.5. The Morgan fingerprint density at radius 1 is 1.24 bits per heavy atom. The van der Waals surface area contributed by atoms with Crippen molar-refractivity contribution in [2.45, 2.75) is 45.7 Å². The number of carbonyl (C=O) groups excluding carboxylic acids is 2. The first-order chi connectivity index (χ1) is 14.0. The molecule has 2 aliphatic heterocycles. The summed E-state index contributed by atoms with van der Waals surface area (Å²) in [5.74, 6) is 1.34. The van der Waals surface area contributed by atoms with Gasteiger partial charge in [-0.05, 0) is 31.4 Å². The Balaban J connectivity index is 1.60. The third-order valence-electron chi connectivity index (χ3n) is 5.86. The molecule has 2 aliphatic rings. The first-order valence-electron chi connectivity index (χ1n) is 10.0. The van der Waals surface area contributed by atoms with Crippen LogP contribution in [0.25, 0.3) is 0 Å². The summed E-state index contributed by atoms with van der Waals surface area (Å²) in [5.41, 5.74) is 3.50. The number of methoxy groups -OCH3 is 1. The lowest BCUT2D eigenvalue weighted by Gasteiger charge is -2.29. The smallest absolute Gasteiger partial charge is 0.258 e. The number of aromatic nitrogens is 2. The van der Waals surface area contributed by atoms with E-state index in [1.807, 2.05) is 36.2 Å². The highest BCUT2D eigenvalue weighted by molar-refractivity contribution is 5.97. The van der Waals surface area contributed by atoms with Gasteiger partial charge in [-0.15, -0.1) is 0 Å². The van der Waals surface area contributed by atoms with Crippen molar-refractivity contribution in [3.05, 3.63) is 52.6 Å². The molecule has 0 saturated carbocycles. The fourth-order valence-electron chi connectivity index (χ4n) is 4.29. The molecule has 7 nitrogen and oxygen atoms in total. The van der Waals surface area contributed by atoms with Crippen molar-refractivity contribution in [3.8, 4) is 5.75 Å². The van der Waals surface area contributed by atoms with Gasteiger partial charge >= 0.3 is 0 Å². The minimum Gasteiger partial charge on any atom is -0.496 e. The molecule has 152 valence electrons. The number of benzene rings is 1. The van der Waals surface area contributed by atoms with Crippen LogP contribution in [0.3, 0.4) is 0 Å². The SMILES string of the molecule is COc1c(C)cccc1C(=O)N1CCC[C@@H]1c1ncc2c(n1)CCN(C(C)=O)C2. The summed E-state index contributed by atoms with van der Waals surface area (Å²) in [6.45, 7) is 5.43. The maximum Gasteiger partial charge on any atom is 0.258 e. The molecule has 1 saturated heterocycles. The summed E-state index contributed by atoms with van der Waals surface area (Å²) in [5, 5.41) is 0. The van der Waals surface area contributed by atoms with Crippen LogP contribution in [-0.4, -0.2) is 51.8 Å². The Hall–Kier alpha value is -2.96. The predicted octanol–water partition coefficient (Wildman–Crippen LogP) is 2.68. The van der Waals surface area contributed by atoms with Crippen LogP contribution in [0, 0.1) is 6.92 Å². The second kappa shape index (κ2) is 7.81. The van der Waals surface area contributed by atoms with Gasteiger partial charge in [0.25, 0.3) is 5.91 Å². The lowest BCUT2D eigenvalue weighted by molar-refractivity contribution is -0.129. The summed E-state index contributed by atoms with van der Waals surface area (Å²) in [6.07, 6.45) is 4.30. The first kappa shape index (κ1) is 19.4. The highest BCUT2D eigenvalue weighted by Gasteiger charge is 2.34. The zero-order valence-corrected chi connectivity index (χ0v) is 17.1. The van der Waals surface area contributed by atoms with E-state index in [9.17, 15) is 9.59 Å². The number of amides is 2. The van der Waals surface area contributed by atoms with Gasteiger partial charge in [-0.1, -0.05) is 12.1 Å². The fraction of sp³-hybridized carbons (Fsp3) is 0.455. The van der Waals surface area contributed by atoms with Gasteiger partial charge in [0.2, 0.25) is 5.91 Å². The van der Waals surface area contributed by atoms with Crippen LogP contribution in [-0.2, 0) is 17.8 Å². The van der Waals surface area contributed by atoms with Gasteiger partial charge in [0, 0.05) is 44.7 Å². The van der Waals surface area contributed by atoms with Gasteiger partial charge in [0.05, 0.1) is 24.4 Å². The van der Waals surface area contributed by atoms with Crippen LogP contribution >= 0.6 is 0 Å². The largest absolute Gasteiger partial charge is 0.496 e. The van der Waals surface area contributed by atoms with Crippen molar-refractivity contribution >= 4 is 11.8 Å². The molecular formula is C22H26N4O3. The lowest BCUT2D eigenvalue weighted by Crippen LogP contribution is -2.36. The van der Waals surface area contributed by atoms with Crippen LogP contribution in [0.15, 0.2) is 24.4 Å². The Labute approximate surface area is 170 Å². The molecule has 3 heterocycles. The normalized spacial score (nSPS) is 18.5. The molecule has 0 radical (unpaired) electrons. The van der Waals surface area contributed by atoms with Crippen molar-refractivity contribution in [1.29, 1.82) is 0 Å². The van der Waals surface area contributed by atoms with Crippen molar-refractivity contribution in [3.63, 3.8) is 0 Å². The number of fused-ring (bicyclic) bond motifs is 1. The number of ether oxygens (including phenoxy) is 1. The van der Waals surface area contributed by atoms with E-state index >= 15 is 0 Å². The number of aryl methyl sites for hydroxylation is 1. The van der Waals surface area contributed by atoms with E-state index in [0.29, 0.717) is 36.8 Å². The van der Waals surface area contributed by atoms with Crippen LogP contribution < -0.4 is 4.74 Å². The van der Waals surface area contributed by atoms with Crippen molar-refractivity contribution in [2.24, 2.45) is 0 Å². The monoisotopic (exact) mass is 394 g/mol. The molecule has 1 aromatic carbocycles. The number of carbonyl (C=O) groups is 2. The molecule has 1 atom stereocenters. The average Bonchev–Trinajstić information content (AvgIpc) is 3.22. The Morgan fingerprint density at radius 3 is 2.83 bits per heavy atom. The molecule has 0 spiro atoms. The topological polar surface area (TPSA) is 75.6 Å². The average molecular weight is 394 g/mol. The number of hydrogen-bond acceptors (Lipinski definition) is 5. The minimum atomic E-state index is -0.135. The summed E-state index contributed by atoms with van der Waals surface area (Å²) >= 11 is 0. The molecule has 7 heteroatoms. The highest BCUT2D eigenvalue weighted by Crippen LogP contribution is 2.34. The number of nitrogens with zero attached hydrogens (tertiary/aromatic N) is 4. The van der Waals surface area contributed by atoms with Gasteiger partial charge in [-0.2, -0.15) is 0 Å². The predicted molar refractivity (Wildman–Crippen MR) is 108 cm³/mol. The third kappa shape index (κ3) is 3.57. The summed E-state index contributed by atoms with van der Waals surface area (Å²) in [7, 11) is 1.59. The Morgan fingerprint density at radius 2 is 2.07 bits per heavy atom. The molecule has 1 fully saturated rings. The standard InChI is InChI=1S/C22H26N4O3/c1-14-6-4-7-17(20(14)29-3)22(28)26-10-5-8-19(26)21-23-12-16-13-25(15(2)27)11-9-18(16)24-21/h4,6-7,12,19H,5,8-11,13H2,1-3H3/t19-/m1/s1. The van der Waals surface area contributed by atoms with E-state index in [4.69, 9.17) is 9.72 Å². The summed E-state index contributed by atoms with van der Waals surface area (Å²) < 4.78 is 5.49. The molecule has 0 N–H and O–H groups in total. The summed E-state index contributed by atoms with van der Waals surface area (Å²) in [4.78, 5) is 38.0. The Bertz CT molecular complexity index is 959. The van der Waals surface area contributed by atoms with Gasteiger partial charge in [0.1, 0.15) is 5.75 Å². The molecule has 0 unspecified atom stereocenters. The number of para-hydroxylation sites is 1. The van der Waals surface area contributed by atoms with Crippen molar-refractivity contribution in [1.82, 2.24) is 19.8 Å². The summed E-state index contributed by atoms with van der Waals surface area (Å²) in [6, 6.07) is 5.50. The minimum absolute atomic E-state index is 0.0443. The molecule has 1 aromatic heterocycles. The number of rotatable bonds is 3. The van der Waals surface area contributed by atoms with E-state index in [2.05, 4.69) is 4.98 Å². The van der Waals surface area contributed by atoms with Crippen LogP contribution in [0.2, 0.25) is 0 Å². The van der Waals surface area contributed by atoms with E-state index in [-0.39, 0.29) is 17.9 Å². The molecule has 0 aliphatic carbocycles. The second-order valence-electron chi connectivity index (χ2n) is 7.70. The van der Waals surface area contributed by atoms with Crippen LogP contribution in [0.1, 0.15) is 58.8 Å². The van der Waals surface area contributed by atoms with E-state index in [1.54, 1.807) is 18.9 Å². The molecule has 4 rings (SSSR count). The van der Waals surface area contributed by atoms with E-state index in [1.165, 1.54) is 0 Å². The van der Waals surface area contributed by atoms with Crippen LogP contribution in [0.5, 0.6) is 5.75 Å². The van der Waals surface area contributed by atoms with Gasteiger partial charge in [0.15, 0.2) is 5.82 Å². The molecule has 2 amide bonds. The van der Waals surface area contributed by atoms with Gasteiger partial charge < -0.3 is 14.5 Å². The maximum atomic E-state index is 13.3. The lowest BCUT2D eigenvalue weighted by atomic mass is 10.1. The number of hydrogen-bond donors (Lipinski definition) is 0. The Kier molecular flexibility index (Phi) is 5.22. The molecule has 2 aromatic rings. The van der Waals surface area contributed by atoms with Gasteiger partial charge in [-0.3, -0.25) is 9.59 Å². The van der Waals surface area contributed by atoms with E-state index in [0.717, 1.165) is 36.1 Å².